The normalized spacial score (nSPS) is 10.3. The van der Waals surface area contributed by atoms with Crippen molar-refractivity contribution in [1.82, 2.24) is 9.97 Å². The van der Waals surface area contributed by atoms with Crippen molar-refractivity contribution >= 4 is 23.0 Å². The Morgan fingerprint density at radius 1 is 1.44 bits per heavy atom. The molecule has 1 aromatic rings. The first kappa shape index (κ1) is 14.8. The summed E-state index contributed by atoms with van der Waals surface area (Å²) >= 11 is 4.91. The molecule has 1 aromatic heterocycles. The topological polar surface area (TPSA) is 64.3 Å². The smallest absolute Gasteiger partial charge is 0.132 e. The fourth-order valence-corrected chi connectivity index (χ4v) is 1.63. The van der Waals surface area contributed by atoms with Crippen molar-refractivity contribution in [3.05, 3.63) is 18.1 Å². The fraction of sp³-hybridized carbons (Fsp3) is 0.583. The van der Waals surface area contributed by atoms with E-state index in [-0.39, 0.29) is 0 Å². The quantitative estimate of drug-likeness (QED) is 0.714. The van der Waals surface area contributed by atoms with Crippen molar-refractivity contribution in [2.45, 2.75) is 19.8 Å². The number of aromatic nitrogens is 2. The second-order valence-corrected chi connectivity index (χ2v) is 4.44. The molecule has 0 saturated heterocycles. The van der Waals surface area contributed by atoms with Crippen LogP contribution in [0, 0.1) is 0 Å². The fourth-order valence-electron chi connectivity index (χ4n) is 1.54. The number of methoxy groups -OCH3 is 1. The van der Waals surface area contributed by atoms with E-state index < -0.39 is 0 Å². The summed E-state index contributed by atoms with van der Waals surface area (Å²) < 4.78 is 5.11. The molecular formula is C12H20N4OS. The molecule has 100 valence electrons. The summed E-state index contributed by atoms with van der Waals surface area (Å²) in [5.74, 6) is 0.898. The number of hydrogen-bond donors (Lipinski definition) is 1. The van der Waals surface area contributed by atoms with E-state index in [1.54, 1.807) is 13.4 Å². The highest BCUT2D eigenvalue weighted by atomic mass is 32.1. The number of aryl methyl sites for hydroxylation is 1. The van der Waals surface area contributed by atoms with Crippen LogP contribution in [0.4, 0.5) is 5.82 Å². The van der Waals surface area contributed by atoms with Gasteiger partial charge < -0.3 is 15.4 Å². The van der Waals surface area contributed by atoms with E-state index in [2.05, 4.69) is 21.8 Å². The third-order valence-corrected chi connectivity index (χ3v) is 2.79. The van der Waals surface area contributed by atoms with Gasteiger partial charge in [0.25, 0.3) is 0 Å². The number of hydrogen-bond acceptors (Lipinski definition) is 5. The van der Waals surface area contributed by atoms with Crippen LogP contribution >= 0.6 is 12.2 Å². The molecule has 0 amide bonds. The first-order valence-corrected chi connectivity index (χ1v) is 6.41. The molecule has 6 heteroatoms. The van der Waals surface area contributed by atoms with Gasteiger partial charge in [-0.05, 0) is 6.42 Å². The standard InChI is InChI=1S/C12H20N4OS/c1-3-10-8-12(15-9-14-10)16(6-7-17-2)5-4-11(13)18/h8-9H,3-7H2,1-2H3,(H2,13,18). The Bertz CT molecular complexity index is 386. The van der Waals surface area contributed by atoms with E-state index in [1.807, 2.05) is 6.07 Å². The van der Waals surface area contributed by atoms with Crippen LogP contribution in [0.5, 0.6) is 0 Å². The maximum absolute atomic E-state index is 5.54. The summed E-state index contributed by atoms with van der Waals surface area (Å²) in [5.41, 5.74) is 6.57. The highest BCUT2D eigenvalue weighted by Gasteiger charge is 2.09. The monoisotopic (exact) mass is 268 g/mol. The Balaban J connectivity index is 2.75. The van der Waals surface area contributed by atoms with Gasteiger partial charge in [0.2, 0.25) is 0 Å². The molecule has 1 rings (SSSR count). The zero-order chi connectivity index (χ0) is 13.4. The lowest BCUT2D eigenvalue weighted by atomic mass is 10.3. The van der Waals surface area contributed by atoms with Crippen molar-refractivity contribution in [3.63, 3.8) is 0 Å². The lowest BCUT2D eigenvalue weighted by molar-refractivity contribution is 0.205. The lowest BCUT2D eigenvalue weighted by Gasteiger charge is -2.23. The Labute approximate surface area is 113 Å². The van der Waals surface area contributed by atoms with E-state index >= 15 is 0 Å². The maximum Gasteiger partial charge on any atom is 0.132 e. The summed E-state index contributed by atoms with van der Waals surface area (Å²) in [6, 6.07) is 2.00. The molecule has 0 aliphatic heterocycles. The molecule has 0 radical (unpaired) electrons. The number of nitrogens with zero attached hydrogens (tertiary/aromatic N) is 3. The predicted octanol–water partition coefficient (Wildman–Crippen LogP) is 1.17. The molecule has 0 unspecified atom stereocenters. The first-order valence-electron chi connectivity index (χ1n) is 6.00. The van der Waals surface area contributed by atoms with Gasteiger partial charge in [-0.15, -0.1) is 0 Å². The van der Waals surface area contributed by atoms with Gasteiger partial charge in [0, 0.05) is 38.4 Å². The van der Waals surface area contributed by atoms with Crippen molar-refractivity contribution in [3.8, 4) is 0 Å². The maximum atomic E-state index is 5.54. The summed E-state index contributed by atoms with van der Waals surface area (Å²) in [6.45, 7) is 4.22. The van der Waals surface area contributed by atoms with E-state index in [0.717, 1.165) is 31.0 Å². The average Bonchev–Trinajstić information content (AvgIpc) is 2.38. The number of anilines is 1. The Kier molecular flexibility index (Phi) is 6.53. The van der Waals surface area contributed by atoms with Gasteiger partial charge in [0.05, 0.1) is 11.6 Å². The van der Waals surface area contributed by atoms with Crippen molar-refractivity contribution in [2.24, 2.45) is 5.73 Å². The summed E-state index contributed by atoms with van der Waals surface area (Å²) in [5, 5.41) is 0. The van der Waals surface area contributed by atoms with Gasteiger partial charge in [-0.2, -0.15) is 0 Å². The van der Waals surface area contributed by atoms with E-state index in [4.69, 9.17) is 22.7 Å². The molecule has 0 aliphatic rings. The Hall–Kier alpha value is -1.27. The molecule has 0 bridgehead atoms. The number of rotatable bonds is 8. The predicted molar refractivity (Wildman–Crippen MR) is 76.9 cm³/mol. The number of nitrogens with two attached hydrogens (primary N) is 1. The minimum atomic E-state index is 0.516. The second kappa shape index (κ2) is 7.94. The molecule has 0 aromatic carbocycles. The molecule has 18 heavy (non-hydrogen) atoms. The molecule has 0 spiro atoms. The van der Waals surface area contributed by atoms with Crippen molar-refractivity contribution in [1.29, 1.82) is 0 Å². The molecule has 1 heterocycles. The molecule has 5 nitrogen and oxygen atoms in total. The summed E-state index contributed by atoms with van der Waals surface area (Å²) in [6.07, 6.45) is 3.15. The molecule has 0 fully saturated rings. The SMILES string of the molecule is CCc1cc(N(CCOC)CCC(N)=S)ncn1. The second-order valence-electron chi connectivity index (χ2n) is 3.92. The number of ether oxygens (including phenoxy) is 1. The molecule has 0 saturated carbocycles. The minimum Gasteiger partial charge on any atom is -0.393 e. The molecular weight excluding hydrogens is 248 g/mol. The summed E-state index contributed by atoms with van der Waals surface area (Å²) in [7, 11) is 1.68. The largest absolute Gasteiger partial charge is 0.393 e. The van der Waals surface area contributed by atoms with Gasteiger partial charge in [0.15, 0.2) is 0 Å². The number of thiocarbonyl (C=S) groups is 1. The molecule has 2 N–H and O–H groups in total. The Morgan fingerprint density at radius 3 is 2.83 bits per heavy atom. The third-order valence-electron chi connectivity index (χ3n) is 2.59. The van der Waals surface area contributed by atoms with Crippen molar-refractivity contribution in [2.75, 3.05) is 31.7 Å². The Morgan fingerprint density at radius 2 is 2.22 bits per heavy atom. The van der Waals surface area contributed by atoms with Crippen molar-refractivity contribution < 1.29 is 4.74 Å². The van der Waals surface area contributed by atoms with E-state index in [1.165, 1.54) is 0 Å². The third kappa shape index (κ3) is 4.93. The van der Waals surface area contributed by atoms with Crippen LogP contribution in [0.1, 0.15) is 19.0 Å². The van der Waals surface area contributed by atoms with Gasteiger partial charge in [-0.25, -0.2) is 9.97 Å². The van der Waals surface area contributed by atoms with Crippen LogP contribution in [0.2, 0.25) is 0 Å². The van der Waals surface area contributed by atoms with Gasteiger partial charge >= 0.3 is 0 Å². The highest BCUT2D eigenvalue weighted by Crippen LogP contribution is 2.11. The van der Waals surface area contributed by atoms with Crippen LogP contribution in [0.15, 0.2) is 12.4 Å². The lowest BCUT2D eigenvalue weighted by Crippen LogP contribution is -2.31. The summed E-state index contributed by atoms with van der Waals surface area (Å²) in [4.78, 5) is 11.1. The molecule has 0 atom stereocenters. The van der Waals surface area contributed by atoms with Gasteiger partial charge in [-0.3, -0.25) is 0 Å². The van der Waals surface area contributed by atoms with E-state index in [0.29, 0.717) is 18.0 Å². The van der Waals surface area contributed by atoms with Crippen LogP contribution in [-0.4, -0.2) is 41.8 Å². The zero-order valence-corrected chi connectivity index (χ0v) is 11.7. The average molecular weight is 268 g/mol. The van der Waals surface area contributed by atoms with Crippen LogP contribution in [-0.2, 0) is 11.2 Å². The van der Waals surface area contributed by atoms with Gasteiger partial charge in [-0.1, -0.05) is 19.1 Å². The highest BCUT2D eigenvalue weighted by molar-refractivity contribution is 7.80. The van der Waals surface area contributed by atoms with Crippen LogP contribution in [0.25, 0.3) is 0 Å². The van der Waals surface area contributed by atoms with Crippen LogP contribution < -0.4 is 10.6 Å². The zero-order valence-electron chi connectivity index (χ0n) is 10.9. The molecule has 0 aliphatic carbocycles. The van der Waals surface area contributed by atoms with Crippen LogP contribution in [0.3, 0.4) is 0 Å². The first-order chi connectivity index (χ1) is 8.67. The van der Waals surface area contributed by atoms with Gasteiger partial charge in [0.1, 0.15) is 12.1 Å². The van der Waals surface area contributed by atoms with E-state index in [9.17, 15) is 0 Å². The minimum absolute atomic E-state index is 0.516.